The van der Waals surface area contributed by atoms with Crippen molar-refractivity contribution in [1.29, 1.82) is 0 Å². The van der Waals surface area contributed by atoms with Gasteiger partial charge < -0.3 is 9.84 Å². The maximum atomic E-state index is 10.5. The summed E-state index contributed by atoms with van der Waals surface area (Å²) < 4.78 is 3.93. The summed E-state index contributed by atoms with van der Waals surface area (Å²) in [5.74, 6) is -0.348. The summed E-state index contributed by atoms with van der Waals surface area (Å²) in [6.45, 7) is 2.11. The van der Waals surface area contributed by atoms with Gasteiger partial charge in [0.25, 0.3) is 0 Å². The van der Waals surface area contributed by atoms with Crippen LogP contribution in [0.3, 0.4) is 0 Å². The van der Waals surface area contributed by atoms with Gasteiger partial charge in [-0.25, -0.2) is 0 Å². The van der Waals surface area contributed by atoms with Gasteiger partial charge in [0.1, 0.15) is 4.11 Å². The Kier molecular flexibility index (Phi) is 5.07. The number of rotatable bonds is 3. The van der Waals surface area contributed by atoms with E-state index in [0.717, 1.165) is 0 Å². The zero-order valence-corrected chi connectivity index (χ0v) is 7.29. The SMILES string of the molecule is CCOC(=O)C[C@@H](O)I. The second-order valence-electron chi connectivity index (χ2n) is 1.44. The topological polar surface area (TPSA) is 46.5 Å². The van der Waals surface area contributed by atoms with Crippen LogP contribution in [0.25, 0.3) is 0 Å². The van der Waals surface area contributed by atoms with E-state index in [1.54, 1.807) is 29.5 Å². The van der Waals surface area contributed by atoms with Gasteiger partial charge in [-0.3, -0.25) is 4.79 Å². The first kappa shape index (κ1) is 9.16. The quantitative estimate of drug-likeness (QED) is 0.451. The van der Waals surface area contributed by atoms with E-state index in [0.29, 0.717) is 6.61 Å². The van der Waals surface area contributed by atoms with Crippen LogP contribution in [0.2, 0.25) is 0 Å². The van der Waals surface area contributed by atoms with E-state index in [1.165, 1.54) is 0 Å². The van der Waals surface area contributed by atoms with E-state index in [1.807, 2.05) is 0 Å². The first-order valence-electron chi connectivity index (χ1n) is 2.64. The molecule has 0 heterocycles. The molecule has 0 saturated heterocycles. The van der Waals surface area contributed by atoms with Gasteiger partial charge in [0.05, 0.1) is 13.0 Å². The number of aliphatic hydroxyl groups excluding tert-OH is 1. The summed E-state index contributed by atoms with van der Waals surface area (Å²) in [5, 5.41) is 8.64. The lowest BCUT2D eigenvalue weighted by atomic mass is 10.5. The second-order valence-corrected chi connectivity index (χ2v) is 2.88. The van der Waals surface area contributed by atoms with Gasteiger partial charge in [0.15, 0.2) is 0 Å². The van der Waals surface area contributed by atoms with Crippen molar-refractivity contribution in [2.75, 3.05) is 6.61 Å². The fraction of sp³-hybridized carbons (Fsp3) is 0.800. The van der Waals surface area contributed by atoms with Crippen LogP contribution in [-0.4, -0.2) is 21.8 Å². The molecule has 9 heavy (non-hydrogen) atoms. The van der Waals surface area contributed by atoms with Crippen molar-refractivity contribution in [3.63, 3.8) is 0 Å². The van der Waals surface area contributed by atoms with Crippen LogP contribution in [0.1, 0.15) is 13.3 Å². The lowest BCUT2D eigenvalue weighted by Crippen LogP contribution is -2.09. The predicted octanol–water partition coefficient (Wildman–Crippen LogP) is 0.693. The molecule has 0 aromatic heterocycles. The highest BCUT2D eigenvalue weighted by Crippen LogP contribution is 2.01. The van der Waals surface area contributed by atoms with E-state index >= 15 is 0 Å². The number of alkyl halides is 1. The Labute approximate surface area is 67.5 Å². The molecule has 0 amide bonds. The summed E-state index contributed by atoms with van der Waals surface area (Å²) >= 11 is 1.75. The van der Waals surface area contributed by atoms with Crippen molar-refractivity contribution in [2.24, 2.45) is 0 Å². The van der Waals surface area contributed by atoms with Crippen LogP contribution in [0.15, 0.2) is 0 Å². The maximum absolute atomic E-state index is 10.5. The minimum absolute atomic E-state index is 0.0778. The van der Waals surface area contributed by atoms with Gasteiger partial charge >= 0.3 is 5.97 Å². The number of carbonyl (C=O) groups is 1. The molecular formula is C5H9IO3. The minimum atomic E-state index is -0.623. The summed E-state index contributed by atoms with van der Waals surface area (Å²) in [6.07, 6.45) is 0.0778. The van der Waals surface area contributed by atoms with Crippen molar-refractivity contribution < 1.29 is 14.6 Å². The zero-order chi connectivity index (χ0) is 7.28. The van der Waals surface area contributed by atoms with Crippen LogP contribution < -0.4 is 0 Å². The molecule has 0 unspecified atom stereocenters. The van der Waals surface area contributed by atoms with Crippen molar-refractivity contribution in [2.45, 2.75) is 17.5 Å². The van der Waals surface area contributed by atoms with E-state index in [9.17, 15) is 4.79 Å². The van der Waals surface area contributed by atoms with Crippen LogP contribution in [0, 0.1) is 0 Å². The number of hydrogen-bond donors (Lipinski definition) is 1. The van der Waals surface area contributed by atoms with Gasteiger partial charge in [-0.05, 0) is 6.92 Å². The van der Waals surface area contributed by atoms with Crippen molar-refractivity contribution in [3.8, 4) is 0 Å². The second kappa shape index (κ2) is 4.99. The first-order valence-corrected chi connectivity index (χ1v) is 3.89. The number of halogens is 1. The molecule has 0 radical (unpaired) electrons. The lowest BCUT2D eigenvalue weighted by Gasteiger charge is -2.00. The molecule has 0 bridgehead atoms. The largest absolute Gasteiger partial charge is 0.466 e. The number of ether oxygens (including phenoxy) is 1. The molecule has 1 atom stereocenters. The third-order valence-electron chi connectivity index (χ3n) is 0.640. The third-order valence-corrected chi connectivity index (χ3v) is 1.08. The maximum Gasteiger partial charge on any atom is 0.309 e. The molecular weight excluding hydrogens is 235 g/mol. The monoisotopic (exact) mass is 244 g/mol. The average molecular weight is 244 g/mol. The van der Waals surface area contributed by atoms with E-state index in [2.05, 4.69) is 4.74 Å². The summed E-state index contributed by atoms with van der Waals surface area (Å²) in [5.41, 5.74) is 0. The Balaban J connectivity index is 3.27. The van der Waals surface area contributed by atoms with Gasteiger partial charge in [0, 0.05) is 0 Å². The van der Waals surface area contributed by atoms with E-state index < -0.39 is 4.11 Å². The van der Waals surface area contributed by atoms with Crippen LogP contribution in [0.4, 0.5) is 0 Å². The molecule has 0 aromatic carbocycles. The Morgan fingerprint density at radius 2 is 2.44 bits per heavy atom. The van der Waals surface area contributed by atoms with Gasteiger partial charge in [-0.1, -0.05) is 22.6 Å². The lowest BCUT2D eigenvalue weighted by molar-refractivity contribution is -0.144. The van der Waals surface area contributed by atoms with Gasteiger partial charge in [-0.15, -0.1) is 0 Å². The Bertz CT molecular complexity index is 92.2. The Hall–Kier alpha value is 0.160. The number of esters is 1. The number of hydrogen-bond acceptors (Lipinski definition) is 3. The number of carbonyl (C=O) groups excluding carboxylic acids is 1. The highest BCUT2D eigenvalue weighted by molar-refractivity contribution is 14.1. The molecule has 0 aliphatic rings. The van der Waals surface area contributed by atoms with Crippen molar-refractivity contribution >= 4 is 28.6 Å². The smallest absolute Gasteiger partial charge is 0.309 e. The van der Waals surface area contributed by atoms with Gasteiger partial charge in [0.2, 0.25) is 0 Å². The summed E-state index contributed by atoms with van der Waals surface area (Å²) in [4.78, 5) is 10.5. The normalized spacial score (nSPS) is 12.8. The molecule has 0 aliphatic carbocycles. The molecule has 0 aliphatic heterocycles. The molecule has 0 spiro atoms. The molecule has 1 N–H and O–H groups in total. The molecule has 0 saturated carbocycles. The number of aliphatic hydroxyl groups is 1. The Morgan fingerprint density at radius 1 is 1.89 bits per heavy atom. The fourth-order valence-corrected chi connectivity index (χ4v) is 0.717. The van der Waals surface area contributed by atoms with E-state index in [-0.39, 0.29) is 12.4 Å². The average Bonchev–Trinajstić information content (AvgIpc) is 1.63. The van der Waals surface area contributed by atoms with Crippen LogP contribution in [-0.2, 0) is 9.53 Å². The molecule has 0 aromatic rings. The highest BCUT2D eigenvalue weighted by Gasteiger charge is 2.06. The standard InChI is InChI=1S/C5H9IO3/c1-2-9-5(8)3-4(6)7/h4,7H,2-3H2,1H3/t4-/m1/s1. The molecule has 4 heteroatoms. The zero-order valence-electron chi connectivity index (χ0n) is 5.13. The molecule has 0 rings (SSSR count). The van der Waals surface area contributed by atoms with Crippen molar-refractivity contribution in [3.05, 3.63) is 0 Å². The molecule has 0 fully saturated rings. The highest BCUT2D eigenvalue weighted by atomic mass is 127. The summed E-state index contributed by atoms with van der Waals surface area (Å²) in [6, 6.07) is 0. The van der Waals surface area contributed by atoms with Crippen LogP contribution >= 0.6 is 22.6 Å². The summed E-state index contributed by atoms with van der Waals surface area (Å²) in [7, 11) is 0. The third kappa shape index (κ3) is 6.04. The van der Waals surface area contributed by atoms with E-state index in [4.69, 9.17) is 5.11 Å². The van der Waals surface area contributed by atoms with Crippen LogP contribution in [0.5, 0.6) is 0 Å². The predicted molar refractivity (Wildman–Crippen MR) is 41.3 cm³/mol. The fourth-order valence-electron chi connectivity index (χ4n) is 0.357. The van der Waals surface area contributed by atoms with Crippen molar-refractivity contribution in [1.82, 2.24) is 0 Å². The Morgan fingerprint density at radius 3 is 2.78 bits per heavy atom. The first-order chi connectivity index (χ1) is 4.16. The van der Waals surface area contributed by atoms with Gasteiger partial charge in [-0.2, -0.15) is 0 Å². The molecule has 54 valence electrons. The molecule has 3 nitrogen and oxygen atoms in total. The minimum Gasteiger partial charge on any atom is -0.466 e.